The number of aldehydes is 1. The van der Waals surface area contributed by atoms with E-state index in [9.17, 15) is 14.7 Å². The van der Waals surface area contributed by atoms with Crippen molar-refractivity contribution in [3.05, 3.63) is 0 Å². The predicted molar refractivity (Wildman–Crippen MR) is 180 cm³/mol. The molecule has 0 amide bonds. The second-order valence-corrected chi connectivity index (χ2v) is 12.9. The predicted octanol–water partition coefficient (Wildman–Crippen LogP) is 10.4. The minimum atomic E-state index is -0.252. The first kappa shape index (κ1) is 41.1. The molecule has 0 bridgehead atoms. The van der Waals surface area contributed by atoms with E-state index in [-0.39, 0.29) is 18.2 Å². The molecule has 0 rings (SSSR count). The van der Waals surface area contributed by atoms with Crippen LogP contribution in [0.2, 0.25) is 0 Å². The molecule has 0 atom stereocenters. The zero-order valence-electron chi connectivity index (χ0n) is 28.6. The summed E-state index contributed by atoms with van der Waals surface area (Å²) in [6.45, 7) is 9.82. The van der Waals surface area contributed by atoms with Crippen molar-refractivity contribution in [1.82, 2.24) is 4.90 Å². The molecule has 1 N–H and O–H groups in total. The largest absolute Gasteiger partial charge is 0.459 e. The Morgan fingerprint density at radius 3 is 1.55 bits per heavy atom. The number of carbonyl (C=O) groups is 2. The van der Waals surface area contributed by atoms with E-state index >= 15 is 0 Å². The van der Waals surface area contributed by atoms with Gasteiger partial charge in [-0.2, -0.15) is 0 Å². The van der Waals surface area contributed by atoms with Crippen LogP contribution in [0.1, 0.15) is 194 Å². The molecule has 250 valence electrons. The maximum absolute atomic E-state index is 12.9. The van der Waals surface area contributed by atoms with E-state index in [0.29, 0.717) is 12.8 Å². The van der Waals surface area contributed by atoms with Crippen LogP contribution in [0, 0.1) is 0 Å². The van der Waals surface area contributed by atoms with Gasteiger partial charge in [0.2, 0.25) is 0 Å². The highest BCUT2D eigenvalue weighted by Gasteiger charge is 2.31. The Bertz CT molecular complexity index is 566. The Labute approximate surface area is 262 Å². The molecule has 0 unspecified atom stereocenters. The minimum absolute atomic E-state index is 0.0223. The van der Waals surface area contributed by atoms with Crippen LogP contribution < -0.4 is 0 Å². The van der Waals surface area contributed by atoms with Crippen molar-refractivity contribution in [2.24, 2.45) is 0 Å². The van der Waals surface area contributed by atoms with Crippen LogP contribution in [0.15, 0.2) is 0 Å². The molecule has 0 radical (unpaired) electrons. The van der Waals surface area contributed by atoms with Gasteiger partial charge in [0.25, 0.3) is 0 Å². The highest BCUT2D eigenvalue weighted by atomic mass is 16.6. The van der Waals surface area contributed by atoms with E-state index in [2.05, 4.69) is 25.7 Å². The standard InChI is InChI=1S/C37H73NO4/c1-4-7-9-11-17-23-29-37(6-3,30-24-18-12-10-8-5-2)42-36(41)28-22-16-15-20-26-32-38(33-35-40)31-25-19-13-14-21-27-34-39/h34,40H,4-33,35H2,1-3H3. The number of aliphatic hydroxyl groups is 1. The molecule has 0 aliphatic carbocycles. The van der Waals surface area contributed by atoms with Gasteiger partial charge >= 0.3 is 5.97 Å². The second-order valence-electron chi connectivity index (χ2n) is 12.9. The smallest absolute Gasteiger partial charge is 0.306 e. The molecule has 0 heterocycles. The zero-order chi connectivity index (χ0) is 31.0. The lowest BCUT2D eigenvalue weighted by molar-refractivity contribution is -0.162. The van der Waals surface area contributed by atoms with E-state index in [1.807, 2.05) is 0 Å². The molecule has 5 heteroatoms. The summed E-state index contributed by atoms with van der Waals surface area (Å²) < 4.78 is 6.32. The summed E-state index contributed by atoms with van der Waals surface area (Å²) in [5.41, 5.74) is -0.252. The van der Waals surface area contributed by atoms with Gasteiger partial charge in [-0.15, -0.1) is 0 Å². The first-order valence-electron chi connectivity index (χ1n) is 18.6. The van der Waals surface area contributed by atoms with Crippen LogP contribution in [0.3, 0.4) is 0 Å². The number of hydrogen-bond acceptors (Lipinski definition) is 5. The van der Waals surface area contributed by atoms with Crippen LogP contribution in [-0.2, 0) is 14.3 Å². The fourth-order valence-electron chi connectivity index (χ4n) is 6.11. The van der Waals surface area contributed by atoms with Gasteiger partial charge in [-0.1, -0.05) is 124 Å². The van der Waals surface area contributed by atoms with Crippen LogP contribution in [0.25, 0.3) is 0 Å². The van der Waals surface area contributed by atoms with Gasteiger partial charge in [-0.05, 0) is 70.9 Å². The molecule has 0 aromatic rings. The highest BCUT2D eigenvalue weighted by Crippen LogP contribution is 2.31. The van der Waals surface area contributed by atoms with Gasteiger partial charge in [0.1, 0.15) is 11.9 Å². The summed E-state index contributed by atoms with van der Waals surface area (Å²) in [7, 11) is 0. The van der Waals surface area contributed by atoms with E-state index in [1.54, 1.807) is 0 Å². The lowest BCUT2D eigenvalue weighted by Gasteiger charge is -2.33. The minimum Gasteiger partial charge on any atom is -0.459 e. The van der Waals surface area contributed by atoms with Crippen molar-refractivity contribution in [1.29, 1.82) is 0 Å². The first-order chi connectivity index (χ1) is 20.6. The number of rotatable bonds is 34. The van der Waals surface area contributed by atoms with Crippen molar-refractivity contribution >= 4 is 12.3 Å². The number of ether oxygens (including phenoxy) is 1. The molecule has 0 aliphatic heterocycles. The third kappa shape index (κ3) is 25.5. The molecule has 0 saturated carbocycles. The molecule has 0 fully saturated rings. The Balaban J connectivity index is 4.32. The van der Waals surface area contributed by atoms with Crippen molar-refractivity contribution < 1.29 is 19.4 Å². The number of hydrogen-bond donors (Lipinski definition) is 1. The first-order valence-corrected chi connectivity index (χ1v) is 18.6. The lowest BCUT2D eigenvalue weighted by atomic mass is 9.87. The summed E-state index contributed by atoms with van der Waals surface area (Å²) >= 11 is 0. The average molecular weight is 596 g/mol. The van der Waals surface area contributed by atoms with Gasteiger partial charge < -0.3 is 19.5 Å². The third-order valence-electron chi connectivity index (χ3n) is 9.01. The Morgan fingerprint density at radius 1 is 0.619 bits per heavy atom. The van der Waals surface area contributed by atoms with E-state index in [0.717, 1.165) is 83.7 Å². The van der Waals surface area contributed by atoms with E-state index < -0.39 is 0 Å². The number of esters is 1. The normalized spacial score (nSPS) is 11.8. The molecule has 0 saturated heterocycles. The number of nitrogens with zero attached hydrogens (tertiary/aromatic N) is 1. The molecule has 0 spiro atoms. The fourth-order valence-corrected chi connectivity index (χ4v) is 6.11. The van der Waals surface area contributed by atoms with Gasteiger partial charge in [0, 0.05) is 19.4 Å². The van der Waals surface area contributed by atoms with Gasteiger partial charge in [-0.25, -0.2) is 0 Å². The molecule has 5 nitrogen and oxygen atoms in total. The van der Waals surface area contributed by atoms with E-state index in [4.69, 9.17) is 4.74 Å². The summed E-state index contributed by atoms with van der Waals surface area (Å²) in [6.07, 6.45) is 31.8. The average Bonchev–Trinajstić information content (AvgIpc) is 2.99. The summed E-state index contributed by atoms with van der Waals surface area (Å²) in [4.78, 5) is 25.7. The topological polar surface area (TPSA) is 66.8 Å². The SMILES string of the molecule is CCCCCCCCC(CC)(CCCCCCCC)OC(=O)CCCCCCCN(CCO)CCCCCCCC=O. The third-order valence-corrected chi connectivity index (χ3v) is 9.01. The van der Waals surface area contributed by atoms with Gasteiger partial charge in [0.15, 0.2) is 0 Å². The maximum atomic E-state index is 12.9. The quantitative estimate of drug-likeness (QED) is 0.0455. The fraction of sp³-hybridized carbons (Fsp3) is 0.946. The molecule has 0 aromatic heterocycles. The lowest BCUT2D eigenvalue weighted by Crippen LogP contribution is -2.34. The summed E-state index contributed by atoms with van der Waals surface area (Å²) in [5, 5.41) is 9.42. The van der Waals surface area contributed by atoms with Crippen molar-refractivity contribution in [2.45, 2.75) is 200 Å². The highest BCUT2D eigenvalue weighted by molar-refractivity contribution is 5.69. The Morgan fingerprint density at radius 2 is 1.07 bits per heavy atom. The van der Waals surface area contributed by atoms with E-state index in [1.165, 1.54) is 103 Å². The van der Waals surface area contributed by atoms with Crippen LogP contribution in [0.5, 0.6) is 0 Å². The maximum Gasteiger partial charge on any atom is 0.306 e. The number of aliphatic hydroxyl groups excluding tert-OH is 1. The molecule has 42 heavy (non-hydrogen) atoms. The molecule has 0 aromatic carbocycles. The number of unbranched alkanes of at least 4 members (excludes halogenated alkanes) is 19. The second kappa shape index (κ2) is 31.5. The Hall–Kier alpha value is -0.940. The summed E-state index contributed by atoms with van der Waals surface area (Å²) in [5.74, 6) is 0.0223. The van der Waals surface area contributed by atoms with Crippen molar-refractivity contribution in [3.8, 4) is 0 Å². The molecular weight excluding hydrogens is 522 g/mol. The monoisotopic (exact) mass is 596 g/mol. The van der Waals surface area contributed by atoms with Crippen LogP contribution >= 0.6 is 0 Å². The summed E-state index contributed by atoms with van der Waals surface area (Å²) in [6, 6.07) is 0. The number of carbonyl (C=O) groups excluding carboxylic acids is 2. The van der Waals surface area contributed by atoms with Crippen molar-refractivity contribution in [2.75, 3.05) is 26.2 Å². The van der Waals surface area contributed by atoms with Gasteiger partial charge in [-0.3, -0.25) is 4.79 Å². The molecular formula is C37H73NO4. The van der Waals surface area contributed by atoms with Crippen LogP contribution in [0.4, 0.5) is 0 Å². The van der Waals surface area contributed by atoms with Gasteiger partial charge in [0.05, 0.1) is 6.61 Å². The molecule has 0 aliphatic rings. The van der Waals surface area contributed by atoms with Crippen molar-refractivity contribution in [3.63, 3.8) is 0 Å². The zero-order valence-corrected chi connectivity index (χ0v) is 28.6. The Kier molecular flexibility index (Phi) is 30.8. The van der Waals surface area contributed by atoms with Crippen LogP contribution in [-0.4, -0.2) is 54.1 Å².